The number of carbonyl (C=O) groups is 1. The lowest BCUT2D eigenvalue weighted by molar-refractivity contribution is -0.131. The number of thiazole rings is 1. The van der Waals surface area contributed by atoms with Crippen molar-refractivity contribution in [3.63, 3.8) is 0 Å². The lowest BCUT2D eigenvalue weighted by atomic mass is 10.2. The minimum absolute atomic E-state index is 0.297. The fourth-order valence-corrected chi connectivity index (χ4v) is 4.49. The summed E-state index contributed by atoms with van der Waals surface area (Å²) in [6.45, 7) is 1.32. The zero-order chi connectivity index (χ0) is 22.2. The van der Waals surface area contributed by atoms with Gasteiger partial charge in [0.05, 0.1) is 5.56 Å². The Labute approximate surface area is 193 Å². The van der Waals surface area contributed by atoms with Gasteiger partial charge in [-0.2, -0.15) is 9.50 Å². The molecule has 0 bridgehead atoms. The molecular weight excluding hydrogens is 494 g/mol. The molecule has 0 aliphatic rings. The monoisotopic (exact) mass is 507 g/mol. The van der Waals surface area contributed by atoms with Crippen LogP contribution in [0.2, 0.25) is 0 Å². The second-order valence-electron chi connectivity index (χ2n) is 6.85. The maximum Gasteiger partial charge on any atom is 0.308 e. The Balaban J connectivity index is 1.51. The van der Waals surface area contributed by atoms with Gasteiger partial charge in [0.1, 0.15) is 21.8 Å². The van der Waals surface area contributed by atoms with Crippen molar-refractivity contribution < 1.29 is 13.9 Å². The highest BCUT2D eigenvalue weighted by Gasteiger charge is 2.16. The molecule has 0 fully saturated rings. The molecule has 0 N–H and O–H groups in total. The van der Waals surface area contributed by atoms with Crippen LogP contribution in [0, 0.1) is 0 Å². The number of halogens is 1. The molecule has 0 aliphatic heterocycles. The molecule has 0 saturated carbocycles. The van der Waals surface area contributed by atoms with Gasteiger partial charge in [-0.25, -0.2) is 0 Å². The second kappa shape index (κ2) is 8.18. The number of para-hydroxylation sites is 1. The number of benzene rings is 2. The molecule has 0 amide bonds. The maximum atomic E-state index is 12.9. The topological polar surface area (TPSA) is 86.7 Å². The van der Waals surface area contributed by atoms with E-state index >= 15 is 0 Å². The summed E-state index contributed by atoms with van der Waals surface area (Å²) in [4.78, 5) is 29.1. The van der Waals surface area contributed by atoms with E-state index in [4.69, 9.17) is 9.15 Å². The SMILES string of the molecule is CC(=O)Oc1ccccc1-c1nc2s/c(=C\c3ccc(-c4cccc(Br)c4)o3)c(=O)n2n1. The number of furan rings is 1. The summed E-state index contributed by atoms with van der Waals surface area (Å²) in [7, 11) is 0. The van der Waals surface area contributed by atoms with Crippen LogP contribution in [-0.4, -0.2) is 20.6 Å². The van der Waals surface area contributed by atoms with E-state index in [-0.39, 0.29) is 5.56 Å². The molecule has 9 heteroatoms. The highest BCUT2D eigenvalue weighted by molar-refractivity contribution is 9.10. The summed E-state index contributed by atoms with van der Waals surface area (Å²) in [6.07, 6.45) is 1.68. The normalized spacial score (nSPS) is 11.9. The lowest BCUT2D eigenvalue weighted by Gasteiger charge is -2.04. The van der Waals surface area contributed by atoms with E-state index in [0.717, 1.165) is 10.0 Å². The Hall–Kier alpha value is -3.56. The average Bonchev–Trinajstić information content (AvgIpc) is 3.46. The molecule has 5 aromatic rings. The Morgan fingerprint density at radius 1 is 1.16 bits per heavy atom. The van der Waals surface area contributed by atoms with Gasteiger partial charge in [0.25, 0.3) is 5.56 Å². The van der Waals surface area contributed by atoms with Crippen molar-refractivity contribution >= 4 is 44.3 Å². The zero-order valence-corrected chi connectivity index (χ0v) is 19.0. The van der Waals surface area contributed by atoms with E-state index in [2.05, 4.69) is 26.0 Å². The van der Waals surface area contributed by atoms with Crippen LogP contribution in [-0.2, 0) is 4.79 Å². The van der Waals surface area contributed by atoms with Gasteiger partial charge in [-0.15, -0.1) is 5.10 Å². The molecule has 32 heavy (non-hydrogen) atoms. The first kappa shape index (κ1) is 20.3. The van der Waals surface area contributed by atoms with Gasteiger partial charge < -0.3 is 9.15 Å². The van der Waals surface area contributed by atoms with Crippen LogP contribution in [0.25, 0.3) is 33.7 Å². The van der Waals surface area contributed by atoms with Crippen LogP contribution < -0.4 is 14.8 Å². The molecule has 5 rings (SSSR count). The minimum atomic E-state index is -0.444. The number of ether oxygens (including phenoxy) is 1. The second-order valence-corrected chi connectivity index (χ2v) is 8.77. The summed E-state index contributed by atoms with van der Waals surface area (Å²) in [6, 6.07) is 18.4. The average molecular weight is 508 g/mol. The predicted octanol–water partition coefficient (Wildman–Crippen LogP) is 4.31. The molecule has 7 nitrogen and oxygen atoms in total. The van der Waals surface area contributed by atoms with Gasteiger partial charge in [0.15, 0.2) is 5.82 Å². The van der Waals surface area contributed by atoms with Crippen molar-refractivity contribution in [1.29, 1.82) is 0 Å². The number of aromatic nitrogens is 3. The fraction of sp³-hybridized carbons (Fsp3) is 0.0435. The first-order valence-corrected chi connectivity index (χ1v) is 11.1. The third-order valence-electron chi connectivity index (χ3n) is 4.57. The molecule has 0 atom stereocenters. The molecule has 158 valence electrons. The van der Waals surface area contributed by atoms with Gasteiger partial charge in [-0.05, 0) is 36.4 Å². The maximum absolute atomic E-state index is 12.9. The van der Waals surface area contributed by atoms with Crippen LogP contribution in [0.4, 0.5) is 0 Å². The number of hydrogen-bond acceptors (Lipinski definition) is 7. The number of hydrogen-bond donors (Lipinski definition) is 0. The van der Waals surface area contributed by atoms with Crippen LogP contribution >= 0.6 is 27.3 Å². The van der Waals surface area contributed by atoms with E-state index in [1.54, 1.807) is 30.3 Å². The summed E-state index contributed by atoms with van der Waals surface area (Å²) in [5.74, 6) is 1.47. The van der Waals surface area contributed by atoms with Gasteiger partial charge in [0.2, 0.25) is 4.96 Å². The van der Waals surface area contributed by atoms with Gasteiger partial charge in [0, 0.05) is 23.0 Å². The summed E-state index contributed by atoms with van der Waals surface area (Å²) < 4.78 is 13.8. The fourth-order valence-electron chi connectivity index (χ4n) is 3.20. The molecule has 0 aliphatic carbocycles. The number of fused-ring (bicyclic) bond motifs is 1. The number of rotatable bonds is 4. The van der Waals surface area contributed by atoms with Crippen molar-refractivity contribution in [2.24, 2.45) is 0 Å². The Morgan fingerprint density at radius 2 is 2.00 bits per heavy atom. The minimum Gasteiger partial charge on any atom is -0.457 e. The molecule has 2 aromatic carbocycles. The van der Waals surface area contributed by atoms with E-state index in [1.807, 2.05) is 36.4 Å². The first-order valence-electron chi connectivity index (χ1n) is 9.53. The molecule has 0 spiro atoms. The largest absolute Gasteiger partial charge is 0.457 e. The smallest absolute Gasteiger partial charge is 0.308 e. The lowest BCUT2D eigenvalue weighted by Crippen LogP contribution is -2.23. The molecule has 0 saturated heterocycles. The van der Waals surface area contributed by atoms with Crippen molar-refractivity contribution in [2.45, 2.75) is 6.92 Å². The van der Waals surface area contributed by atoms with E-state index in [9.17, 15) is 9.59 Å². The Morgan fingerprint density at radius 3 is 2.78 bits per heavy atom. The third kappa shape index (κ3) is 3.88. The van der Waals surface area contributed by atoms with Crippen molar-refractivity contribution in [2.75, 3.05) is 0 Å². The Bertz CT molecular complexity index is 1580. The van der Waals surface area contributed by atoms with Crippen LogP contribution in [0.15, 0.2) is 74.3 Å². The summed E-state index contributed by atoms with van der Waals surface area (Å²) in [5, 5.41) is 4.33. The van der Waals surface area contributed by atoms with E-state index in [1.165, 1.54) is 22.8 Å². The summed E-state index contributed by atoms with van der Waals surface area (Å²) in [5.41, 5.74) is 1.17. The van der Waals surface area contributed by atoms with E-state index in [0.29, 0.717) is 38.2 Å². The summed E-state index contributed by atoms with van der Waals surface area (Å²) >= 11 is 4.66. The molecule has 0 unspecified atom stereocenters. The molecule has 3 heterocycles. The third-order valence-corrected chi connectivity index (χ3v) is 6.03. The Kier molecular flexibility index (Phi) is 5.20. The van der Waals surface area contributed by atoms with Crippen LogP contribution in [0.1, 0.15) is 12.7 Å². The number of esters is 1. The quantitative estimate of drug-likeness (QED) is 0.266. The van der Waals surface area contributed by atoms with E-state index < -0.39 is 5.97 Å². The predicted molar refractivity (Wildman–Crippen MR) is 125 cm³/mol. The number of carbonyl (C=O) groups excluding carboxylic acids is 1. The van der Waals surface area contributed by atoms with Crippen LogP contribution in [0.5, 0.6) is 5.75 Å². The van der Waals surface area contributed by atoms with Crippen molar-refractivity contribution in [3.05, 3.63) is 85.8 Å². The van der Waals surface area contributed by atoms with Gasteiger partial charge in [-0.1, -0.05) is 51.5 Å². The zero-order valence-electron chi connectivity index (χ0n) is 16.6. The van der Waals surface area contributed by atoms with Gasteiger partial charge >= 0.3 is 5.97 Å². The highest BCUT2D eigenvalue weighted by atomic mass is 79.9. The standard InChI is InChI=1S/C23H14BrN3O4S/c1-13(28)30-19-8-3-2-7-17(19)21-25-23-27(26-21)22(29)20(32-23)12-16-9-10-18(31-16)14-5-4-6-15(24)11-14/h2-12H,1H3/b20-12-. The van der Waals surface area contributed by atoms with Crippen molar-refractivity contribution in [3.8, 4) is 28.5 Å². The first-order chi connectivity index (χ1) is 15.5. The molecule has 3 aromatic heterocycles. The van der Waals surface area contributed by atoms with Gasteiger partial charge in [-0.3, -0.25) is 9.59 Å². The highest BCUT2D eigenvalue weighted by Crippen LogP contribution is 2.28. The molecular formula is C23H14BrN3O4S. The van der Waals surface area contributed by atoms with Crippen molar-refractivity contribution in [1.82, 2.24) is 14.6 Å². The van der Waals surface area contributed by atoms with Crippen LogP contribution in [0.3, 0.4) is 0 Å². The number of nitrogens with zero attached hydrogens (tertiary/aromatic N) is 3. The molecule has 0 radical (unpaired) electrons.